The van der Waals surface area contributed by atoms with E-state index in [9.17, 15) is 17.6 Å². The maximum atomic E-state index is 13.9. The number of sulfonamides is 1. The number of amides is 1. The van der Waals surface area contributed by atoms with Crippen LogP contribution < -0.4 is 5.73 Å². The van der Waals surface area contributed by atoms with Crippen molar-refractivity contribution in [3.05, 3.63) is 36.4 Å². The molecule has 0 radical (unpaired) electrons. The van der Waals surface area contributed by atoms with E-state index in [1.165, 1.54) is 35.4 Å². The van der Waals surface area contributed by atoms with Gasteiger partial charge in [-0.3, -0.25) is 14.5 Å². The van der Waals surface area contributed by atoms with Gasteiger partial charge in [-0.15, -0.1) is 5.10 Å². The van der Waals surface area contributed by atoms with Crippen LogP contribution in [0.1, 0.15) is 16.9 Å². The van der Waals surface area contributed by atoms with Crippen LogP contribution in [0.4, 0.5) is 4.39 Å². The lowest BCUT2D eigenvalue weighted by Gasteiger charge is -2.23. The SMILES string of the molecule is NC(=O)c1cn(CC2CC(F)CN2S(=O)(=O)c2cccnc2)nn1. The van der Waals surface area contributed by atoms with E-state index in [1.54, 1.807) is 0 Å². The fourth-order valence-electron chi connectivity index (χ4n) is 2.64. The molecule has 3 rings (SSSR count). The van der Waals surface area contributed by atoms with Crippen molar-refractivity contribution < 1.29 is 17.6 Å². The molecule has 1 aliphatic rings. The predicted molar refractivity (Wildman–Crippen MR) is 80.0 cm³/mol. The van der Waals surface area contributed by atoms with Crippen molar-refractivity contribution in [3.63, 3.8) is 0 Å². The number of hydrogen-bond donors (Lipinski definition) is 1. The van der Waals surface area contributed by atoms with Gasteiger partial charge >= 0.3 is 0 Å². The lowest BCUT2D eigenvalue weighted by molar-refractivity contribution is 0.0995. The molecule has 1 fully saturated rings. The fourth-order valence-corrected chi connectivity index (χ4v) is 4.26. The molecule has 2 aromatic rings. The summed E-state index contributed by atoms with van der Waals surface area (Å²) in [6.45, 7) is -0.167. The van der Waals surface area contributed by atoms with Gasteiger partial charge in [0, 0.05) is 25.0 Å². The number of pyridine rings is 1. The smallest absolute Gasteiger partial charge is 0.270 e. The standard InChI is InChI=1S/C13H15FN6O3S/c14-9-4-10(7-19-8-12(13(15)21)17-18-19)20(6-9)24(22,23)11-2-1-3-16-5-11/h1-3,5,8-10H,4,6-7H2,(H2,15,21). The largest absolute Gasteiger partial charge is 0.364 e. The number of nitrogens with zero attached hydrogens (tertiary/aromatic N) is 5. The van der Waals surface area contributed by atoms with Crippen LogP contribution in [0.25, 0.3) is 0 Å². The summed E-state index contributed by atoms with van der Waals surface area (Å²) in [7, 11) is -3.87. The van der Waals surface area contributed by atoms with Crippen LogP contribution in [0.5, 0.6) is 0 Å². The van der Waals surface area contributed by atoms with Crippen LogP contribution in [0.3, 0.4) is 0 Å². The van der Waals surface area contributed by atoms with Gasteiger partial charge in [0.05, 0.1) is 12.7 Å². The Morgan fingerprint density at radius 3 is 2.88 bits per heavy atom. The van der Waals surface area contributed by atoms with Gasteiger partial charge in [0.2, 0.25) is 10.0 Å². The Hall–Kier alpha value is -2.40. The lowest BCUT2D eigenvalue weighted by atomic mass is 10.2. The molecule has 3 heterocycles. The Morgan fingerprint density at radius 1 is 1.46 bits per heavy atom. The molecule has 2 atom stereocenters. The third kappa shape index (κ3) is 3.12. The van der Waals surface area contributed by atoms with E-state index in [-0.39, 0.29) is 30.1 Å². The van der Waals surface area contributed by atoms with Crippen LogP contribution in [-0.4, -0.2) is 57.4 Å². The van der Waals surface area contributed by atoms with Crippen molar-refractivity contribution in [3.8, 4) is 0 Å². The van der Waals surface area contributed by atoms with E-state index in [1.807, 2.05) is 0 Å². The molecular formula is C13H15FN6O3S. The Kier molecular flexibility index (Phi) is 4.28. The van der Waals surface area contributed by atoms with E-state index < -0.39 is 28.1 Å². The van der Waals surface area contributed by atoms with Crippen molar-refractivity contribution in [1.82, 2.24) is 24.3 Å². The van der Waals surface area contributed by atoms with Gasteiger partial charge in [-0.1, -0.05) is 5.21 Å². The molecule has 2 N–H and O–H groups in total. The van der Waals surface area contributed by atoms with Crippen LogP contribution >= 0.6 is 0 Å². The van der Waals surface area contributed by atoms with Gasteiger partial charge in [-0.25, -0.2) is 12.8 Å². The van der Waals surface area contributed by atoms with E-state index in [0.717, 1.165) is 4.31 Å². The Balaban J connectivity index is 1.85. The topological polar surface area (TPSA) is 124 Å². The number of primary amides is 1. The summed E-state index contributed by atoms with van der Waals surface area (Å²) in [5.74, 6) is -0.740. The number of nitrogens with two attached hydrogens (primary N) is 1. The zero-order chi connectivity index (χ0) is 17.3. The number of carbonyl (C=O) groups is 1. The molecule has 0 aliphatic carbocycles. The number of carbonyl (C=O) groups excluding carboxylic acids is 1. The van der Waals surface area contributed by atoms with Crippen molar-refractivity contribution >= 4 is 15.9 Å². The molecule has 2 aromatic heterocycles. The van der Waals surface area contributed by atoms with E-state index in [2.05, 4.69) is 15.3 Å². The lowest BCUT2D eigenvalue weighted by Crippen LogP contribution is -2.38. The Labute approximate surface area is 137 Å². The van der Waals surface area contributed by atoms with E-state index in [4.69, 9.17) is 5.73 Å². The number of halogens is 1. The Bertz CT molecular complexity index is 840. The minimum Gasteiger partial charge on any atom is -0.364 e. The second kappa shape index (κ2) is 6.24. The molecule has 24 heavy (non-hydrogen) atoms. The summed E-state index contributed by atoms with van der Waals surface area (Å²) >= 11 is 0. The molecule has 11 heteroatoms. The summed E-state index contributed by atoms with van der Waals surface area (Å²) in [5, 5.41) is 7.31. The summed E-state index contributed by atoms with van der Waals surface area (Å²) < 4.78 is 41.6. The molecule has 1 amide bonds. The maximum Gasteiger partial charge on any atom is 0.270 e. The first-order chi connectivity index (χ1) is 11.4. The molecule has 0 bridgehead atoms. The van der Waals surface area contributed by atoms with Gasteiger partial charge in [0.1, 0.15) is 11.1 Å². The minimum atomic E-state index is -3.87. The van der Waals surface area contributed by atoms with Crippen molar-refractivity contribution in [1.29, 1.82) is 0 Å². The highest BCUT2D eigenvalue weighted by molar-refractivity contribution is 7.89. The molecule has 0 aromatic carbocycles. The van der Waals surface area contributed by atoms with Gasteiger partial charge in [-0.05, 0) is 18.6 Å². The average molecular weight is 354 g/mol. The van der Waals surface area contributed by atoms with Gasteiger partial charge < -0.3 is 5.73 Å². The molecule has 2 unspecified atom stereocenters. The first-order valence-corrected chi connectivity index (χ1v) is 8.58. The highest BCUT2D eigenvalue weighted by atomic mass is 32.2. The van der Waals surface area contributed by atoms with Gasteiger partial charge in [-0.2, -0.15) is 4.31 Å². The van der Waals surface area contributed by atoms with Gasteiger partial charge in [0.15, 0.2) is 5.69 Å². The van der Waals surface area contributed by atoms with Crippen LogP contribution in [0.15, 0.2) is 35.6 Å². The first-order valence-electron chi connectivity index (χ1n) is 7.14. The monoisotopic (exact) mass is 354 g/mol. The number of hydrogen-bond acceptors (Lipinski definition) is 6. The second-order valence-electron chi connectivity index (χ2n) is 5.44. The molecule has 0 saturated carbocycles. The first kappa shape index (κ1) is 16.5. The fraction of sp³-hybridized carbons (Fsp3) is 0.385. The van der Waals surface area contributed by atoms with Crippen LogP contribution in [0, 0.1) is 0 Å². The number of aromatic nitrogens is 4. The highest BCUT2D eigenvalue weighted by Gasteiger charge is 2.40. The summed E-state index contributed by atoms with van der Waals surface area (Å²) in [6, 6.07) is 2.26. The van der Waals surface area contributed by atoms with Crippen molar-refractivity contribution in [2.75, 3.05) is 6.54 Å². The minimum absolute atomic E-state index is 0.000477. The molecule has 1 saturated heterocycles. The molecular weight excluding hydrogens is 339 g/mol. The average Bonchev–Trinajstić information content (AvgIpc) is 3.16. The molecule has 0 spiro atoms. The normalized spacial score (nSPS) is 21.9. The zero-order valence-corrected chi connectivity index (χ0v) is 13.3. The van der Waals surface area contributed by atoms with E-state index in [0.29, 0.717) is 0 Å². The Morgan fingerprint density at radius 2 is 2.25 bits per heavy atom. The summed E-state index contributed by atoms with van der Waals surface area (Å²) in [4.78, 5) is 14.8. The third-order valence-electron chi connectivity index (χ3n) is 3.74. The number of alkyl halides is 1. The van der Waals surface area contributed by atoms with Gasteiger partial charge in [0.25, 0.3) is 5.91 Å². The van der Waals surface area contributed by atoms with Crippen molar-refractivity contribution in [2.45, 2.75) is 30.1 Å². The van der Waals surface area contributed by atoms with Crippen LogP contribution in [0.2, 0.25) is 0 Å². The highest BCUT2D eigenvalue weighted by Crippen LogP contribution is 2.28. The molecule has 128 valence electrons. The summed E-state index contributed by atoms with van der Waals surface area (Å²) in [5.41, 5.74) is 5.07. The van der Waals surface area contributed by atoms with Crippen molar-refractivity contribution in [2.24, 2.45) is 5.73 Å². The maximum absolute atomic E-state index is 13.9. The van der Waals surface area contributed by atoms with Crippen LogP contribution in [-0.2, 0) is 16.6 Å². The van der Waals surface area contributed by atoms with E-state index >= 15 is 0 Å². The number of rotatable bonds is 5. The second-order valence-corrected chi connectivity index (χ2v) is 7.33. The third-order valence-corrected chi connectivity index (χ3v) is 5.64. The summed E-state index contributed by atoms with van der Waals surface area (Å²) in [6.07, 6.45) is 2.74. The predicted octanol–water partition coefficient (Wildman–Crippen LogP) is -0.427. The zero-order valence-electron chi connectivity index (χ0n) is 12.5. The molecule has 9 nitrogen and oxygen atoms in total. The quantitative estimate of drug-likeness (QED) is 0.777. The molecule has 1 aliphatic heterocycles.